The maximum absolute atomic E-state index is 12.8. The lowest BCUT2D eigenvalue weighted by Gasteiger charge is -2.12. The van der Waals surface area contributed by atoms with E-state index in [1.807, 2.05) is 63.6 Å². The van der Waals surface area contributed by atoms with Gasteiger partial charge >= 0.3 is 0 Å². The first kappa shape index (κ1) is 19.1. The van der Waals surface area contributed by atoms with Gasteiger partial charge in [-0.3, -0.25) is 9.48 Å². The average Bonchev–Trinajstić information content (AvgIpc) is 3.08. The van der Waals surface area contributed by atoms with Gasteiger partial charge in [0.25, 0.3) is 5.91 Å². The van der Waals surface area contributed by atoms with Gasteiger partial charge in [0, 0.05) is 18.2 Å². The second kappa shape index (κ2) is 8.35. The molecule has 140 valence electrons. The number of thioether (sulfide) groups is 1. The Morgan fingerprint density at radius 2 is 1.93 bits per heavy atom. The van der Waals surface area contributed by atoms with Crippen LogP contribution in [0.1, 0.15) is 47.2 Å². The Balaban J connectivity index is 1.78. The average molecular weight is 382 g/mol. The molecule has 0 spiro atoms. The summed E-state index contributed by atoms with van der Waals surface area (Å²) in [7, 11) is 0. The van der Waals surface area contributed by atoms with Crippen molar-refractivity contribution in [3.8, 4) is 0 Å². The Morgan fingerprint density at radius 1 is 1.19 bits per heavy atom. The zero-order valence-electron chi connectivity index (χ0n) is 15.9. The van der Waals surface area contributed by atoms with E-state index in [9.17, 15) is 4.79 Å². The van der Waals surface area contributed by atoms with Gasteiger partial charge in [-0.1, -0.05) is 44.2 Å². The number of nitrogens with zero attached hydrogens (tertiary/aromatic N) is 4. The number of amides is 1. The number of carbonyl (C=O) groups excluding carboxylic acids is 1. The molecule has 0 atom stereocenters. The number of hydrogen-bond donors (Lipinski definition) is 1. The normalized spacial score (nSPS) is 11.0. The Morgan fingerprint density at radius 3 is 2.59 bits per heavy atom. The summed E-state index contributed by atoms with van der Waals surface area (Å²) in [6.45, 7) is 6.57. The lowest BCUT2D eigenvalue weighted by atomic mass is 10.1. The van der Waals surface area contributed by atoms with Gasteiger partial charge in [-0.25, -0.2) is 9.97 Å². The quantitative estimate of drug-likeness (QED) is 0.513. The molecule has 0 saturated heterocycles. The van der Waals surface area contributed by atoms with Crippen molar-refractivity contribution in [2.24, 2.45) is 0 Å². The van der Waals surface area contributed by atoms with Crippen LogP contribution in [0.25, 0.3) is 0 Å². The van der Waals surface area contributed by atoms with Gasteiger partial charge in [0.1, 0.15) is 10.9 Å². The number of aromatic nitrogens is 4. The van der Waals surface area contributed by atoms with Crippen LogP contribution in [0.4, 0.5) is 5.82 Å². The summed E-state index contributed by atoms with van der Waals surface area (Å²) in [6, 6.07) is 11.8. The first-order chi connectivity index (χ1) is 13.0. The number of hydrogen-bond acceptors (Lipinski definition) is 5. The van der Waals surface area contributed by atoms with Crippen LogP contribution < -0.4 is 5.32 Å². The number of carbonyl (C=O) groups is 1. The minimum Gasteiger partial charge on any atom is -0.305 e. The molecule has 0 aliphatic heterocycles. The van der Waals surface area contributed by atoms with E-state index in [1.54, 1.807) is 10.7 Å². The summed E-state index contributed by atoms with van der Waals surface area (Å²) >= 11 is 1.45. The van der Waals surface area contributed by atoms with Crippen LogP contribution in [0.15, 0.2) is 47.6 Å². The Kier molecular flexibility index (Phi) is 5.91. The molecule has 0 radical (unpaired) electrons. The summed E-state index contributed by atoms with van der Waals surface area (Å²) in [5.74, 6) is 1.23. The van der Waals surface area contributed by atoms with Crippen LogP contribution in [0, 0.1) is 6.92 Å². The van der Waals surface area contributed by atoms with E-state index in [0.717, 1.165) is 11.4 Å². The number of rotatable bonds is 6. The van der Waals surface area contributed by atoms with Crippen LogP contribution in [-0.4, -0.2) is 31.9 Å². The maximum Gasteiger partial charge on any atom is 0.261 e. The molecular weight excluding hydrogens is 358 g/mol. The molecular formula is C20H23N5OS. The fourth-order valence-electron chi connectivity index (χ4n) is 2.70. The molecule has 7 heteroatoms. The minimum atomic E-state index is -0.239. The summed E-state index contributed by atoms with van der Waals surface area (Å²) in [4.78, 5) is 21.8. The molecule has 27 heavy (non-hydrogen) atoms. The molecule has 0 saturated carbocycles. The van der Waals surface area contributed by atoms with Gasteiger partial charge in [-0.2, -0.15) is 5.10 Å². The standard InChI is InChI=1S/C20H23N5OS/c1-13(2)18-21-14(3)17(20(23-18)27-4)19(26)22-16-10-11-25(24-16)12-15-8-6-5-7-9-15/h5-11,13H,12H2,1-4H3,(H,22,24,26). The highest BCUT2D eigenvalue weighted by molar-refractivity contribution is 7.98. The molecule has 6 nitrogen and oxygen atoms in total. The van der Waals surface area contributed by atoms with E-state index < -0.39 is 0 Å². The van der Waals surface area contributed by atoms with Gasteiger partial charge in [-0.15, -0.1) is 11.8 Å². The molecule has 0 fully saturated rings. The third kappa shape index (κ3) is 4.54. The van der Waals surface area contributed by atoms with Gasteiger partial charge in [-0.05, 0) is 18.7 Å². The molecule has 1 aromatic carbocycles. The molecule has 1 N–H and O–H groups in total. The van der Waals surface area contributed by atoms with Gasteiger partial charge in [0.05, 0.1) is 17.8 Å². The van der Waals surface area contributed by atoms with Crippen LogP contribution in [0.2, 0.25) is 0 Å². The smallest absolute Gasteiger partial charge is 0.261 e. The topological polar surface area (TPSA) is 72.7 Å². The second-order valence-electron chi connectivity index (χ2n) is 6.54. The first-order valence-electron chi connectivity index (χ1n) is 8.79. The van der Waals surface area contributed by atoms with Crippen molar-refractivity contribution in [2.75, 3.05) is 11.6 Å². The van der Waals surface area contributed by atoms with E-state index in [4.69, 9.17) is 0 Å². The fraction of sp³-hybridized carbons (Fsp3) is 0.300. The van der Waals surface area contributed by atoms with Crippen molar-refractivity contribution in [1.82, 2.24) is 19.7 Å². The van der Waals surface area contributed by atoms with Crippen molar-refractivity contribution in [3.63, 3.8) is 0 Å². The molecule has 0 aliphatic rings. The molecule has 0 unspecified atom stereocenters. The van der Waals surface area contributed by atoms with Crippen LogP contribution in [-0.2, 0) is 6.54 Å². The van der Waals surface area contributed by atoms with Crippen molar-refractivity contribution in [1.29, 1.82) is 0 Å². The summed E-state index contributed by atoms with van der Waals surface area (Å²) in [5, 5.41) is 7.99. The summed E-state index contributed by atoms with van der Waals surface area (Å²) in [5.41, 5.74) is 2.33. The van der Waals surface area contributed by atoms with E-state index in [1.165, 1.54) is 11.8 Å². The Hall–Kier alpha value is -2.67. The Bertz CT molecular complexity index is 937. The fourth-order valence-corrected chi connectivity index (χ4v) is 3.33. The molecule has 2 aromatic heterocycles. The number of benzene rings is 1. The van der Waals surface area contributed by atoms with Crippen LogP contribution >= 0.6 is 11.8 Å². The lowest BCUT2D eigenvalue weighted by Crippen LogP contribution is -2.18. The SMILES string of the molecule is CSc1nc(C(C)C)nc(C)c1C(=O)Nc1ccn(Cc2ccccc2)n1. The lowest BCUT2D eigenvalue weighted by molar-refractivity contribution is 0.102. The highest BCUT2D eigenvalue weighted by atomic mass is 32.2. The van der Waals surface area contributed by atoms with Crippen molar-refractivity contribution < 1.29 is 4.79 Å². The molecule has 0 aliphatic carbocycles. The van der Waals surface area contributed by atoms with Crippen LogP contribution in [0.5, 0.6) is 0 Å². The van der Waals surface area contributed by atoms with E-state index in [2.05, 4.69) is 20.4 Å². The number of anilines is 1. The van der Waals surface area contributed by atoms with Crippen molar-refractivity contribution in [3.05, 3.63) is 65.2 Å². The number of nitrogens with one attached hydrogen (secondary N) is 1. The summed E-state index contributed by atoms with van der Waals surface area (Å²) < 4.78 is 1.80. The van der Waals surface area contributed by atoms with Crippen LogP contribution in [0.3, 0.4) is 0 Å². The van der Waals surface area contributed by atoms with E-state index in [0.29, 0.717) is 28.6 Å². The summed E-state index contributed by atoms with van der Waals surface area (Å²) in [6.07, 6.45) is 3.76. The third-order valence-corrected chi connectivity index (χ3v) is 4.76. The zero-order chi connectivity index (χ0) is 19.4. The Labute approximate surface area is 163 Å². The zero-order valence-corrected chi connectivity index (χ0v) is 16.7. The predicted octanol–water partition coefficient (Wildman–Crippen LogP) is 4.13. The van der Waals surface area contributed by atoms with Gasteiger partial charge in [0.15, 0.2) is 5.82 Å². The maximum atomic E-state index is 12.8. The monoisotopic (exact) mass is 381 g/mol. The molecule has 3 rings (SSSR count). The van der Waals surface area contributed by atoms with Gasteiger partial charge in [0.2, 0.25) is 0 Å². The highest BCUT2D eigenvalue weighted by Gasteiger charge is 2.20. The molecule has 3 aromatic rings. The van der Waals surface area contributed by atoms with E-state index >= 15 is 0 Å². The largest absolute Gasteiger partial charge is 0.305 e. The van der Waals surface area contributed by atoms with Crippen molar-refractivity contribution >= 4 is 23.5 Å². The molecule has 1 amide bonds. The molecule has 2 heterocycles. The van der Waals surface area contributed by atoms with Gasteiger partial charge < -0.3 is 5.32 Å². The first-order valence-corrected chi connectivity index (χ1v) is 10.0. The van der Waals surface area contributed by atoms with Crippen molar-refractivity contribution in [2.45, 2.75) is 38.3 Å². The highest BCUT2D eigenvalue weighted by Crippen LogP contribution is 2.24. The third-order valence-electron chi connectivity index (χ3n) is 4.08. The minimum absolute atomic E-state index is 0.209. The number of aryl methyl sites for hydroxylation is 1. The predicted molar refractivity (Wildman–Crippen MR) is 108 cm³/mol. The second-order valence-corrected chi connectivity index (χ2v) is 7.34. The molecule has 0 bridgehead atoms. The van der Waals surface area contributed by atoms with E-state index in [-0.39, 0.29) is 11.8 Å².